The number of phenolic OH excluding ortho intramolecular Hbond substituents is 1. The third-order valence-electron chi connectivity index (χ3n) is 12.0. The van der Waals surface area contributed by atoms with Gasteiger partial charge >= 0.3 is 0 Å². The van der Waals surface area contributed by atoms with Gasteiger partial charge in [-0.05, 0) is 171 Å². The normalized spacial score (nSPS) is 12.8. The number of nitrogens with one attached hydrogen (secondary N) is 1. The molecule has 79 heavy (non-hydrogen) atoms. The zero-order valence-corrected chi connectivity index (χ0v) is 45.6. The second-order valence-corrected chi connectivity index (χ2v) is 23.8. The van der Waals surface area contributed by atoms with Crippen LogP contribution in [0.4, 0.5) is 56.9 Å². The van der Waals surface area contributed by atoms with Crippen LogP contribution < -0.4 is 10.1 Å². The third kappa shape index (κ3) is 13.9. The number of para-hydroxylation sites is 1. The van der Waals surface area contributed by atoms with Crippen molar-refractivity contribution in [1.29, 1.82) is 0 Å². The summed E-state index contributed by atoms with van der Waals surface area (Å²) in [7, 11) is -19.0. The van der Waals surface area contributed by atoms with Crippen molar-refractivity contribution in [2.45, 2.75) is 55.7 Å². The summed E-state index contributed by atoms with van der Waals surface area (Å²) in [6.45, 7) is 8.58. The number of hydrogen-bond acceptors (Lipinski definition) is 19. The second kappa shape index (κ2) is 22.6. The van der Waals surface area contributed by atoms with E-state index in [9.17, 15) is 57.0 Å². The van der Waals surface area contributed by atoms with Gasteiger partial charge in [0.2, 0.25) is 0 Å². The summed E-state index contributed by atoms with van der Waals surface area (Å²) in [4.78, 5) is -2.17. The van der Waals surface area contributed by atoms with Gasteiger partial charge in [-0.2, -0.15) is 64.4 Å². The van der Waals surface area contributed by atoms with E-state index in [1.807, 2.05) is 30.3 Å². The van der Waals surface area contributed by atoms with Crippen molar-refractivity contribution in [3.8, 4) is 11.5 Å². The van der Waals surface area contributed by atoms with Gasteiger partial charge in [0.25, 0.3) is 40.5 Å². The highest BCUT2D eigenvalue weighted by molar-refractivity contribution is 7.87. The number of rotatable bonds is 18. The van der Waals surface area contributed by atoms with Gasteiger partial charge in [-0.25, -0.2) is 0 Å². The lowest BCUT2D eigenvalue weighted by molar-refractivity contribution is 0.317. The number of phenols is 1. The zero-order valence-electron chi connectivity index (χ0n) is 42.3. The number of hydrogen-bond donors (Lipinski definition) is 6. The molecule has 0 saturated carbocycles. The van der Waals surface area contributed by atoms with Crippen molar-refractivity contribution in [3.05, 3.63) is 149 Å². The van der Waals surface area contributed by atoms with Crippen LogP contribution in [0, 0.1) is 34.6 Å². The van der Waals surface area contributed by atoms with Gasteiger partial charge in [-0.15, -0.1) is 10.2 Å². The van der Waals surface area contributed by atoms with E-state index < -0.39 is 72.3 Å². The number of ether oxygens (including phenoxy) is 1. The quantitative estimate of drug-likeness (QED) is 0.0264. The van der Waals surface area contributed by atoms with E-state index in [1.165, 1.54) is 30.3 Å². The van der Waals surface area contributed by atoms with Gasteiger partial charge in [0.1, 0.15) is 26.9 Å². The van der Waals surface area contributed by atoms with Crippen LogP contribution in [-0.4, -0.2) is 69.3 Å². The SMILES string of the molecule is Cc1cc(N=Nc2cc(C)c(N=Nc3cc(C)c(N=Nc4c(S(=O)(=O)O)cc5cc(Nc6ccccc6)ccc5c4O)cc3C)cc2C)c(OCCCS(=O)(=O)O)cc1N=Nc1ccc2c(S(=O)(=O)O)cc(S(=O)(=O)O)cc2c1. The number of aryl methyl sites for hydroxylation is 5. The number of nitrogens with zero attached hydrogens (tertiary/aromatic N) is 8. The van der Waals surface area contributed by atoms with Crippen LogP contribution in [0.25, 0.3) is 21.5 Å². The van der Waals surface area contributed by atoms with Crippen molar-refractivity contribution in [1.82, 2.24) is 0 Å². The first-order valence-corrected chi connectivity index (χ1v) is 29.3. The molecule has 8 aromatic rings. The molecular formula is C52H47N9O14S4. The molecule has 0 aliphatic carbocycles. The second-order valence-electron chi connectivity index (χ2n) is 18.0. The van der Waals surface area contributed by atoms with Crippen molar-refractivity contribution in [2.75, 3.05) is 17.7 Å². The van der Waals surface area contributed by atoms with Crippen LogP contribution in [0.5, 0.6) is 11.5 Å². The highest BCUT2D eigenvalue weighted by atomic mass is 32.2. The Hall–Kier alpha value is -8.28. The Morgan fingerprint density at radius 3 is 1.49 bits per heavy atom. The summed E-state index contributed by atoms with van der Waals surface area (Å²) in [5.74, 6) is -0.977. The highest BCUT2D eigenvalue weighted by Crippen LogP contribution is 2.44. The number of benzene rings is 8. The molecule has 0 atom stereocenters. The number of aromatic hydroxyl groups is 1. The van der Waals surface area contributed by atoms with Crippen LogP contribution in [0.2, 0.25) is 0 Å². The Kier molecular flexibility index (Phi) is 16.3. The molecule has 0 saturated heterocycles. The average Bonchev–Trinajstić information content (AvgIpc) is 3.42. The molecule has 0 heterocycles. The molecule has 0 aromatic heterocycles. The molecule has 8 rings (SSSR count). The Labute approximate surface area is 453 Å². The molecule has 0 bridgehead atoms. The standard InChI is InChI=1S/C52H47N9O14S4/c1-29-19-44(58-60-47-22-33(5)46(28-48(47)75-16-9-17-76(63,64)65)55-54-38-13-14-40-34(24-38)25-39(77(66,67)68)27-49(40)78(69,70)71)30(2)18-42(29)56-57-43-20-32(4)45(21-31(43)3)59-61-51-50(79(72,73)74)26-35-23-37(12-15-41(35)52(51)62)53-36-10-7-6-8-11-36/h6-8,10-15,18-28,53,62H,9,16-17H2,1-5H3,(H,63,64,65)(H,66,67,68)(H,69,70,71)(H,72,73,74). The molecule has 0 aliphatic rings. The molecule has 0 unspecified atom stereocenters. The molecule has 0 aliphatic heterocycles. The van der Waals surface area contributed by atoms with E-state index >= 15 is 0 Å². The Balaban J connectivity index is 1.03. The van der Waals surface area contributed by atoms with Gasteiger partial charge in [-0.1, -0.05) is 24.3 Å². The summed E-state index contributed by atoms with van der Waals surface area (Å²) in [5, 5.41) is 49.8. The predicted molar refractivity (Wildman–Crippen MR) is 295 cm³/mol. The molecule has 0 amide bonds. The van der Waals surface area contributed by atoms with E-state index in [1.54, 1.807) is 83.1 Å². The number of azo groups is 4. The van der Waals surface area contributed by atoms with E-state index in [-0.39, 0.29) is 52.0 Å². The van der Waals surface area contributed by atoms with Crippen molar-refractivity contribution < 1.29 is 61.7 Å². The first-order valence-electron chi connectivity index (χ1n) is 23.4. The minimum Gasteiger partial charge on any atom is -0.505 e. The summed E-state index contributed by atoms with van der Waals surface area (Å²) >= 11 is 0. The maximum atomic E-state index is 12.6. The summed E-state index contributed by atoms with van der Waals surface area (Å²) < 4.78 is 141. The minimum absolute atomic E-state index is 0.00917. The summed E-state index contributed by atoms with van der Waals surface area (Å²) in [6, 6.07) is 30.9. The summed E-state index contributed by atoms with van der Waals surface area (Å²) in [5.41, 5.74) is 6.30. The molecule has 408 valence electrons. The van der Waals surface area contributed by atoms with Crippen LogP contribution >= 0.6 is 0 Å². The van der Waals surface area contributed by atoms with E-state index in [4.69, 9.17) is 4.74 Å². The zero-order chi connectivity index (χ0) is 57.2. The lowest BCUT2D eigenvalue weighted by Gasteiger charge is -2.12. The monoisotopic (exact) mass is 1150 g/mol. The molecule has 0 radical (unpaired) electrons. The topological polar surface area (TPSA) is 358 Å². The van der Waals surface area contributed by atoms with Crippen LogP contribution in [-0.2, 0) is 40.5 Å². The average molecular weight is 1150 g/mol. The van der Waals surface area contributed by atoms with Crippen LogP contribution in [0.3, 0.4) is 0 Å². The van der Waals surface area contributed by atoms with Crippen molar-refractivity contribution >= 4 is 119 Å². The lowest BCUT2D eigenvalue weighted by atomic mass is 10.1. The minimum atomic E-state index is -4.92. The smallest absolute Gasteiger partial charge is 0.296 e. The largest absolute Gasteiger partial charge is 0.505 e. The van der Waals surface area contributed by atoms with Gasteiger partial charge in [0.15, 0.2) is 5.75 Å². The number of anilines is 2. The van der Waals surface area contributed by atoms with Crippen LogP contribution in [0.15, 0.2) is 177 Å². The molecule has 27 heteroatoms. The first kappa shape index (κ1) is 56.9. The fraction of sp³-hybridized carbons (Fsp3) is 0.154. The summed E-state index contributed by atoms with van der Waals surface area (Å²) in [6.07, 6.45) is -0.0925. The fourth-order valence-corrected chi connectivity index (χ4v) is 10.4. The molecular weight excluding hydrogens is 1100 g/mol. The fourth-order valence-electron chi connectivity index (χ4n) is 7.95. The predicted octanol–water partition coefficient (Wildman–Crippen LogP) is 14.0. The van der Waals surface area contributed by atoms with E-state index in [0.29, 0.717) is 67.7 Å². The first-order chi connectivity index (χ1) is 37.1. The van der Waals surface area contributed by atoms with Crippen molar-refractivity contribution in [3.63, 3.8) is 0 Å². The lowest BCUT2D eigenvalue weighted by Crippen LogP contribution is -2.08. The van der Waals surface area contributed by atoms with Gasteiger partial charge in [0.05, 0.1) is 51.4 Å². The maximum Gasteiger partial charge on any atom is 0.296 e. The van der Waals surface area contributed by atoms with E-state index in [2.05, 4.69) is 46.2 Å². The molecule has 6 N–H and O–H groups in total. The van der Waals surface area contributed by atoms with Gasteiger partial charge in [-0.3, -0.25) is 18.2 Å². The molecule has 0 fully saturated rings. The third-order valence-corrected chi connectivity index (χ3v) is 15.4. The van der Waals surface area contributed by atoms with Gasteiger partial charge < -0.3 is 15.2 Å². The number of fused-ring (bicyclic) bond motifs is 2. The van der Waals surface area contributed by atoms with Crippen LogP contribution in [0.1, 0.15) is 34.2 Å². The van der Waals surface area contributed by atoms with Gasteiger partial charge in [0, 0.05) is 28.2 Å². The van der Waals surface area contributed by atoms with E-state index in [0.717, 1.165) is 11.8 Å². The maximum absolute atomic E-state index is 12.6. The Bertz CT molecular complexity index is 4370. The Morgan fingerprint density at radius 2 is 0.949 bits per heavy atom. The Morgan fingerprint density at radius 1 is 0.456 bits per heavy atom. The highest BCUT2D eigenvalue weighted by Gasteiger charge is 2.24. The van der Waals surface area contributed by atoms with Crippen molar-refractivity contribution in [2.24, 2.45) is 40.9 Å². The molecule has 0 spiro atoms. The molecule has 8 aromatic carbocycles. The molecule has 23 nitrogen and oxygen atoms in total.